The van der Waals surface area contributed by atoms with E-state index in [2.05, 4.69) is 93.6 Å². The molecule has 0 aromatic heterocycles. The number of halogens is 1. The first kappa shape index (κ1) is 21.3. The summed E-state index contributed by atoms with van der Waals surface area (Å²) in [7, 11) is 0. The Labute approximate surface area is 188 Å². The molecule has 3 aromatic rings. The van der Waals surface area contributed by atoms with Crippen molar-refractivity contribution in [3.63, 3.8) is 0 Å². The Bertz CT molecular complexity index is 934. The van der Waals surface area contributed by atoms with Crippen LogP contribution in [0.5, 0.6) is 0 Å². The van der Waals surface area contributed by atoms with Crippen LogP contribution in [0.2, 0.25) is 0 Å². The molecule has 1 saturated heterocycles. The lowest BCUT2D eigenvalue weighted by Gasteiger charge is -2.45. The molecule has 0 spiro atoms. The van der Waals surface area contributed by atoms with E-state index in [-0.39, 0.29) is 6.10 Å². The molecule has 0 aliphatic carbocycles. The number of hydrogen-bond acceptors (Lipinski definition) is 3. The van der Waals surface area contributed by atoms with Crippen LogP contribution < -0.4 is 5.73 Å². The molecule has 3 nitrogen and oxygen atoms in total. The summed E-state index contributed by atoms with van der Waals surface area (Å²) in [5.41, 5.74) is 10.4. The van der Waals surface area contributed by atoms with E-state index >= 15 is 0 Å². The zero-order chi connectivity index (χ0) is 20.8. The van der Waals surface area contributed by atoms with Gasteiger partial charge in [0.15, 0.2) is 0 Å². The van der Waals surface area contributed by atoms with Gasteiger partial charge >= 0.3 is 0 Å². The van der Waals surface area contributed by atoms with Gasteiger partial charge in [0, 0.05) is 29.6 Å². The van der Waals surface area contributed by atoms with Gasteiger partial charge in [-0.05, 0) is 35.6 Å². The molecule has 1 heterocycles. The lowest BCUT2D eigenvalue weighted by Crippen LogP contribution is -2.62. The van der Waals surface area contributed by atoms with Crippen molar-refractivity contribution in [2.45, 2.75) is 37.6 Å². The van der Waals surface area contributed by atoms with Crippen molar-refractivity contribution in [2.24, 2.45) is 5.73 Å². The van der Waals surface area contributed by atoms with Gasteiger partial charge in [-0.2, -0.15) is 0 Å². The fourth-order valence-corrected chi connectivity index (χ4v) is 4.63. The molecular formula is C26H29BrN2O. The Hall–Kier alpha value is -1.98. The van der Waals surface area contributed by atoms with Crippen molar-refractivity contribution < 1.29 is 4.74 Å². The highest BCUT2D eigenvalue weighted by molar-refractivity contribution is 9.10. The third-order valence-electron chi connectivity index (χ3n) is 5.98. The molecule has 4 heteroatoms. The van der Waals surface area contributed by atoms with Crippen LogP contribution in [0.1, 0.15) is 23.1 Å². The Kier molecular flexibility index (Phi) is 7.00. The maximum Gasteiger partial charge on any atom is 0.0889 e. The van der Waals surface area contributed by atoms with E-state index in [1.54, 1.807) is 0 Å². The second kappa shape index (κ2) is 9.88. The molecule has 2 N–H and O–H groups in total. The number of likely N-dealkylation sites (tertiary alicyclic amines) is 1. The third-order valence-corrected chi connectivity index (χ3v) is 6.75. The van der Waals surface area contributed by atoms with E-state index in [0.717, 1.165) is 36.9 Å². The van der Waals surface area contributed by atoms with Gasteiger partial charge in [-0.3, -0.25) is 4.90 Å². The molecule has 30 heavy (non-hydrogen) atoms. The lowest BCUT2D eigenvalue weighted by molar-refractivity contribution is -0.0610. The monoisotopic (exact) mass is 464 g/mol. The standard InChI is InChI=1S/C26H29BrN2O/c27-24-14-8-7-13-23(24)17-26(28)15-16-29(18-21-9-3-1-4-10-21)19-25(26)30-20-22-11-5-2-6-12-22/h1-14,25H,15-20,28H2/t25-,26+/m1/s1. The van der Waals surface area contributed by atoms with Gasteiger partial charge in [-0.15, -0.1) is 0 Å². The van der Waals surface area contributed by atoms with E-state index in [0.29, 0.717) is 6.61 Å². The summed E-state index contributed by atoms with van der Waals surface area (Å²) in [4.78, 5) is 2.47. The van der Waals surface area contributed by atoms with E-state index in [4.69, 9.17) is 10.5 Å². The number of nitrogens with two attached hydrogens (primary N) is 1. The fourth-order valence-electron chi connectivity index (χ4n) is 4.21. The van der Waals surface area contributed by atoms with E-state index in [1.165, 1.54) is 16.7 Å². The highest BCUT2D eigenvalue weighted by Crippen LogP contribution is 2.31. The van der Waals surface area contributed by atoms with Crippen LogP contribution in [-0.4, -0.2) is 29.6 Å². The first-order valence-corrected chi connectivity index (χ1v) is 11.4. The van der Waals surface area contributed by atoms with E-state index < -0.39 is 5.54 Å². The second-order valence-corrected chi connectivity index (χ2v) is 9.11. The average molecular weight is 465 g/mol. The van der Waals surface area contributed by atoms with Crippen LogP contribution in [0, 0.1) is 0 Å². The molecule has 0 bridgehead atoms. The molecular weight excluding hydrogens is 436 g/mol. The SMILES string of the molecule is N[C@]1(Cc2ccccc2Br)CCN(Cc2ccccc2)C[C@H]1OCc1ccccc1. The second-order valence-electron chi connectivity index (χ2n) is 8.26. The summed E-state index contributed by atoms with van der Waals surface area (Å²) in [5, 5.41) is 0. The fraction of sp³-hybridized carbons (Fsp3) is 0.308. The molecule has 0 radical (unpaired) electrons. The molecule has 3 aromatic carbocycles. The van der Waals surface area contributed by atoms with Gasteiger partial charge in [-0.25, -0.2) is 0 Å². The van der Waals surface area contributed by atoms with E-state index in [1.807, 2.05) is 12.1 Å². The van der Waals surface area contributed by atoms with Crippen LogP contribution >= 0.6 is 15.9 Å². The zero-order valence-electron chi connectivity index (χ0n) is 17.2. The van der Waals surface area contributed by atoms with Crippen molar-refractivity contribution in [1.29, 1.82) is 0 Å². The van der Waals surface area contributed by atoms with Crippen molar-refractivity contribution in [3.05, 3.63) is 106 Å². The highest BCUT2D eigenvalue weighted by atomic mass is 79.9. The van der Waals surface area contributed by atoms with Crippen LogP contribution in [0.25, 0.3) is 0 Å². The summed E-state index contributed by atoms with van der Waals surface area (Å²) in [6.07, 6.45) is 1.66. The zero-order valence-corrected chi connectivity index (χ0v) is 18.8. The number of piperidine rings is 1. The molecule has 1 aliphatic rings. The molecule has 2 atom stereocenters. The molecule has 0 saturated carbocycles. The minimum absolute atomic E-state index is 0.0396. The quantitative estimate of drug-likeness (QED) is 0.523. The normalized spacial score (nSPS) is 22.1. The molecule has 156 valence electrons. The lowest BCUT2D eigenvalue weighted by atomic mass is 9.80. The molecule has 1 aliphatic heterocycles. The van der Waals surface area contributed by atoms with Crippen LogP contribution in [0.15, 0.2) is 89.4 Å². The largest absolute Gasteiger partial charge is 0.370 e. The van der Waals surface area contributed by atoms with Crippen molar-refractivity contribution >= 4 is 15.9 Å². The Morgan fingerprint density at radius 1 is 0.900 bits per heavy atom. The molecule has 4 rings (SSSR count). The van der Waals surface area contributed by atoms with Gasteiger partial charge in [-0.1, -0.05) is 94.8 Å². The number of nitrogens with zero attached hydrogens (tertiary/aromatic N) is 1. The Morgan fingerprint density at radius 2 is 1.53 bits per heavy atom. The maximum atomic E-state index is 7.05. The maximum absolute atomic E-state index is 7.05. The smallest absolute Gasteiger partial charge is 0.0889 e. The van der Waals surface area contributed by atoms with Crippen LogP contribution in [-0.2, 0) is 24.3 Å². The highest BCUT2D eigenvalue weighted by Gasteiger charge is 2.41. The average Bonchev–Trinajstić information content (AvgIpc) is 2.77. The Balaban J connectivity index is 1.51. The summed E-state index contributed by atoms with van der Waals surface area (Å²) in [6.45, 7) is 3.32. The van der Waals surface area contributed by atoms with Crippen LogP contribution in [0.4, 0.5) is 0 Å². The van der Waals surface area contributed by atoms with Crippen LogP contribution in [0.3, 0.4) is 0 Å². The summed E-state index contributed by atoms with van der Waals surface area (Å²) in [6, 6.07) is 29.4. The van der Waals surface area contributed by atoms with Gasteiger partial charge in [0.25, 0.3) is 0 Å². The third kappa shape index (κ3) is 5.38. The Morgan fingerprint density at radius 3 is 2.23 bits per heavy atom. The summed E-state index contributed by atoms with van der Waals surface area (Å²) >= 11 is 3.69. The predicted octanol–water partition coefficient (Wildman–Crippen LogP) is 5.18. The summed E-state index contributed by atoms with van der Waals surface area (Å²) in [5.74, 6) is 0. The van der Waals surface area contributed by atoms with Crippen molar-refractivity contribution in [1.82, 2.24) is 4.90 Å². The van der Waals surface area contributed by atoms with Gasteiger partial charge in [0.05, 0.1) is 12.7 Å². The molecule has 0 amide bonds. The molecule has 1 fully saturated rings. The topological polar surface area (TPSA) is 38.5 Å². The van der Waals surface area contributed by atoms with E-state index in [9.17, 15) is 0 Å². The van der Waals surface area contributed by atoms with Gasteiger partial charge in [0.2, 0.25) is 0 Å². The number of rotatable bonds is 7. The number of ether oxygens (including phenoxy) is 1. The first-order chi connectivity index (χ1) is 14.6. The molecule has 0 unspecified atom stereocenters. The summed E-state index contributed by atoms with van der Waals surface area (Å²) < 4.78 is 7.60. The minimum atomic E-state index is -0.397. The number of hydrogen-bond donors (Lipinski definition) is 1. The van der Waals surface area contributed by atoms with Crippen molar-refractivity contribution in [3.8, 4) is 0 Å². The van der Waals surface area contributed by atoms with Crippen molar-refractivity contribution in [2.75, 3.05) is 13.1 Å². The number of benzene rings is 3. The minimum Gasteiger partial charge on any atom is -0.370 e. The predicted molar refractivity (Wildman–Crippen MR) is 126 cm³/mol. The first-order valence-electron chi connectivity index (χ1n) is 10.6. The van der Waals surface area contributed by atoms with Gasteiger partial charge in [0.1, 0.15) is 0 Å². The van der Waals surface area contributed by atoms with Gasteiger partial charge < -0.3 is 10.5 Å².